The van der Waals surface area contributed by atoms with Crippen LogP contribution < -0.4 is 0 Å². The number of rotatable bonds is 19. The Kier molecular flexibility index (Phi) is 18.2. The Hall–Kier alpha value is -1.26. The van der Waals surface area contributed by atoms with E-state index in [1.54, 1.807) is 0 Å². The fourth-order valence-electron chi connectivity index (χ4n) is 3.03. The zero-order valence-electron chi connectivity index (χ0n) is 17.4. The van der Waals surface area contributed by atoms with Crippen LogP contribution in [0, 0.1) is 0 Å². The number of carbonyl (C=O) groups is 2. The lowest BCUT2D eigenvalue weighted by molar-refractivity contribution is -0.147. The number of nitrogens with zero attached hydrogens (tertiary/aromatic N) is 1. The van der Waals surface area contributed by atoms with Crippen LogP contribution in [0.15, 0.2) is 12.2 Å². The molecule has 0 aliphatic rings. The van der Waals surface area contributed by atoms with Crippen molar-refractivity contribution in [2.75, 3.05) is 6.61 Å². The minimum absolute atomic E-state index is 0.164. The maximum absolute atomic E-state index is 12.0. The maximum Gasteiger partial charge on any atom is 0.451 e. The van der Waals surface area contributed by atoms with Crippen LogP contribution in [0.25, 0.3) is 0 Å². The molecule has 0 aromatic carbocycles. The fourth-order valence-corrected chi connectivity index (χ4v) is 3.56. The smallest absolute Gasteiger partial charge is 0.451 e. The Morgan fingerprint density at radius 1 is 0.893 bits per heavy atom. The van der Waals surface area contributed by atoms with Crippen molar-refractivity contribution in [3.8, 4) is 0 Å². The highest BCUT2D eigenvalue weighted by Gasteiger charge is 2.34. The van der Waals surface area contributed by atoms with E-state index in [0.29, 0.717) is 6.42 Å². The van der Waals surface area contributed by atoms with Crippen LogP contribution in [0.4, 0.5) is 0 Å². The van der Waals surface area contributed by atoms with Crippen molar-refractivity contribution in [2.24, 2.45) is 0 Å². The van der Waals surface area contributed by atoms with Gasteiger partial charge >= 0.3 is 14.6 Å². The monoisotopic (exact) mass is 416 g/mol. The SMILES string of the molecule is CCCCCCCCC=CCCCCCCCC(=O)N([PH+]=O)C(CO)C(=O)O. The molecular weight excluding hydrogens is 377 g/mol. The van der Waals surface area contributed by atoms with Gasteiger partial charge in [-0.15, -0.1) is 4.67 Å². The Morgan fingerprint density at radius 2 is 1.39 bits per heavy atom. The van der Waals surface area contributed by atoms with Crippen molar-refractivity contribution >= 4 is 20.5 Å². The molecule has 7 heteroatoms. The molecule has 2 atom stereocenters. The van der Waals surface area contributed by atoms with Crippen molar-refractivity contribution in [3.63, 3.8) is 0 Å². The zero-order valence-corrected chi connectivity index (χ0v) is 18.4. The van der Waals surface area contributed by atoms with E-state index < -0.39 is 33.1 Å². The van der Waals surface area contributed by atoms with Crippen LogP contribution in [0.3, 0.4) is 0 Å². The molecule has 0 aromatic rings. The number of carbonyl (C=O) groups excluding carboxylic acids is 1. The van der Waals surface area contributed by atoms with Gasteiger partial charge in [-0.1, -0.05) is 70.4 Å². The molecule has 6 nitrogen and oxygen atoms in total. The van der Waals surface area contributed by atoms with Crippen molar-refractivity contribution < 1.29 is 24.4 Å². The highest BCUT2D eigenvalue weighted by molar-refractivity contribution is 7.22. The normalized spacial score (nSPS) is 12.5. The summed E-state index contributed by atoms with van der Waals surface area (Å²) >= 11 is 0. The van der Waals surface area contributed by atoms with E-state index in [9.17, 15) is 14.2 Å². The number of unbranched alkanes of at least 4 members (excludes halogenated alkanes) is 11. The van der Waals surface area contributed by atoms with Gasteiger partial charge in [0.25, 0.3) is 5.91 Å². The van der Waals surface area contributed by atoms with Gasteiger partial charge in [-0.05, 0) is 36.7 Å². The Balaban J connectivity index is 3.63. The molecule has 0 spiro atoms. The summed E-state index contributed by atoms with van der Waals surface area (Å²) in [6.07, 6.45) is 19.8. The molecule has 0 radical (unpaired) electrons. The van der Waals surface area contributed by atoms with E-state index >= 15 is 0 Å². The Labute approximate surface area is 171 Å². The molecule has 0 saturated heterocycles. The molecule has 0 aliphatic carbocycles. The minimum atomic E-state index is -1.42. The van der Waals surface area contributed by atoms with E-state index in [2.05, 4.69) is 19.1 Å². The van der Waals surface area contributed by atoms with Crippen LogP contribution in [-0.4, -0.2) is 39.4 Å². The number of aliphatic carboxylic acids is 1. The minimum Gasteiger partial charge on any atom is -0.480 e. The quantitative estimate of drug-likeness (QED) is 0.171. The second kappa shape index (κ2) is 19.1. The summed E-state index contributed by atoms with van der Waals surface area (Å²) in [7, 11) is -1.19. The summed E-state index contributed by atoms with van der Waals surface area (Å²) in [5.74, 6) is -1.82. The van der Waals surface area contributed by atoms with Gasteiger partial charge in [0.15, 0.2) is 6.04 Å². The van der Waals surface area contributed by atoms with E-state index in [1.165, 1.54) is 44.9 Å². The van der Waals surface area contributed by atoms with Crippen molar-refractivity contribution in [1.29, 1.82) is 0 Å². The van der Waals surface area contributed by atoms with Crippen molar-refractivity contribution in [2.45, 2.75) is 103 Å². The van der Waals surface area contributed by atoms with Gasteiger partial charge in [0.2, 0.25) is 0 Å². The molecular formula is C21H39NO5P+. The summed E-state index contributed by atoms with van der Waals surface area (Å²) < 4.78 is 11.8. The Morgan fingerprint density at radius 3 is 1.86 bits per heavy atom. The summed E-state index contributed by atoms with van der Waals surface area (Å²) in [5.41, 5.74) is 0. The molecule has 0 fully saturated rings. The van der Waals surface area contributed by atoms with Crippen molar-refractivity contribution in [3.05, 3.63) is 12.2 Å². The first-order valence-electron chi connectivity index (χ1n) is 10.8. The first-order valence-corrected chi connectivity index (χ1v) is 11.6. The van der Waals surface area contributed by atoms with Gasteiger partial charge in [-0.3, -0.25) is 4.79 Å². The third kappa shape index (κ3) is 13.8. The van der Waals surface area contributed by atoms with E-state index in [1.807, 2.05) is 0 Å². The standard InChI is InChI=1S/C21H38NO5P/c1-2-3-4-5-6-7-8-9-10-11-12-13-14-15-16-17-20(24)22(28-27)19(18-23)21(25)26/h9-10,19,23H,2-8,11-18H2,1H3,(H,25,26)/p+1. The van der Waals surface area contributed by atoms with E-state index in [-0.39, 0.29) is 6.42 Å². The summed E-state index contributed by atoms with van der Waals surface area (Å²) in [5, 5.41) is 18.0. The summed E-state index contributed by atoms with van der Waals surface area (Å²) in [6, 6.07) is -1.42. The Bertz CT molecular complexity index is 456. The lowest BCUT2D eigenvalue weighted by Crippen LogP contribution is -2.41. The molecule has 0 aliphatic heterocycles. The molecule has 0 rings (SSSR count). The highest BCUT2D eigenvalue weighted by atomic mass is 31.1. The molecule has 0 heterocycles. The molecule has 28 heavy (non-hydrogen) atoms. The third-order valence-electron chi connectivity index (χ3n) is 4.79. The number of hydrogen-bond donors (Lipinski definition) is 2. The number of carboxylic acids is 1. The predicted octanol–water partition coefficient (Wildman–Crippen LogP) is 5.24. The maximum atomic E-state index is 12.0. The molecule has 2 N–H and O–H groups in total. The number of aliphatic hydroxyl groups is 1. The lowest BCUT2D eigenvalue weighted by Gasteiger charge is -2.14. The molecule has 0 saturated carbocycles. The fraction of sp³-hybridized carbons (Fsp3) is 0.810. The molecule has 0 bridgehead atoms. The highest BCUT2D eigenvalue weighted by Crippen LogP contribution is 2.16. The summed E-state index contributed by atoms with van der Waals surface area (Å²) in [4.78, 5) is 22.9. The average molecular weight is 417 g/mol. The van der Waals surface area contributed by atoms with Gasteiger partial charge in [-0.25, -0.2) is 4.79 Å². The first-order chi connectivity index (χ1) is 13.6. The van der Waals surface area contributed by atoms with Gasteiger partial charge in [0, 0.05) is 6.42 Å². The number of amides is 1. The number of aliphatic hydroxyl groups excluding tert-OH is 1. The van der Waals surface area contributed by atoms with Crippen LogP contribution in [0.5, 0.6) is 0 Å². The molecule has 0 aromatic heterocycles. The molecule has 1 amide bonds. The van der Waals surface area contributed by atoms with E-state index in [0.717, 1.165) is 36.8 Å². The van der Waals surface area contributed by atoms with E-state index in [4.69, 9.17) is 10.2 Å². The second-order valence-electron chi connectivity index (χ2n) is 7.23. The van der Waals surface area contributed by atoms with Crippen LogP contribution >= 0.6 is 8.61 Å². The zero-order chi connectivity index (χ0) is 21.0. The third-order valence-corrected chi connectivity index (χ3v) is 5.55. The molecule has 2 unspecified atom stereocenters. The van der Waals surface area contributed by atoms with Gasteiger partial charge in [-0.2, -0.15) is 0 Å². The average Bonchev–Trinajstić information content (AvgIpc) is 2.68. The lowest BCUT2D eigenvalue weighted by atomic mass is 10.1. The second-order valence-corrected chi connectivity index (χ2v) is 7.89. The number of allylic oxidation sites excluding steroid dienone is 2. The van der Waals surface area contributed by atoms with Gasteiger partial charge < -0.3 is 10.2 Å². The van der Waals surface area contributed by atoms with Crippen molar-refractivity contribution in [1.82, 2.24) is 4.67 Å². The topological polar surface area (TPSA) is 94.9 Å². The van der Waals surface area contributed by atoms with Crippen LogP contribution in [0.1, 0.15) is 96.8 Å². The first kappa shape index (κ1) is 26.7. The van der Waals surface area contributed by atoms with Crippen LogP contribution in [0.2, 0.25) is 0 Å². The molecule has 162 valence electrons. The van der Waals surface area contributed by atoms with Gasteiger partial charge in [0.1, 0.15) is 0 Å². The van der Waals surface area contributed by atoms with Crippen LogP contribution in [-0.2, 0) is 14.2 Å². The largest absolute Gasteiger partial charge is 0.480 e. The predicted molar refractivity (Wildman–Crippen MR) is 114 cm³/mol. The van der Waals surface area contributed by atoms with Gasteiger partial charge in [0.05, 0.1) is 6.61 Å². The number of hydrogen-bond acceptors (Lipinski definition) is 4. The number of carboxylic acid groups (broad SMARTS) is 1. The summed E-state index contributed by atoms with van der Waals surface area (Å²) in [6.45, 7) is 1.50.